The van der Waals surface area contributed by atoms with E-state index in [2.05, 4.69) is 59.3 Å². The fourth-order valence-electron chi connectivity index (χ4n) is 3.76. The van der Waals surface area contributed by atoms with E-state index in [9.17, 15) is 4.79 Å². The average Bonchev–Trinajstić information content (AvgIpc) is 2.57. The summed E-state index contributed by atoms with van der Waals surface area (Å²) >= 11 is 0. The van der Waals surface area contributed by atoms with Gasteiger partial charge < -0.3 is 10.2 Å². The Balaban J connectivity index is 1.61. The monoisotopic (exact) mass is 315 g/mol. The van der Waals surface area contributed by atoms with Crippen LogP contribution in [0.4, 0.5) is 0 Å². The maximum atomic E-state index is 12.8. The zero-order chi connectivity index (χ0) is 16.3. The quantitative estimate of drug-likeness (QED) is 0.929. The van der Waals surface area contributed by atoms with E-state index in [0.717, 1.165) is 39.1 Å². The molecule has 126 valence electrons. The first-order chi connectivity index (χ1) is 11.1. The van der Waals surface area contributed by atoms with Gasteiger partial charge in [0.1, 0.15) is 0 Å². The van der Waals surface area contributed by atoms with Gasteiger partial charge in [-0.2, -0.15) is 0 Å². The fraction of sp³-hybridized carbons (Fsp3) is 0.632. The van der Waals surface area contributed by atoms with E-state index in [0.29, 0.717) is 5.91 Å². The molecule has 0 radical (unpaired) electrons. The minimum absolute atomic E-state index is 0.0123. The minimum Gasteiger partial charge on any atom is -0.338 e. The van der Waals surface area contributed by atoms with Gasteiger partial charge in [0.25, 0.3) is 0 Å². The fourth-order valence-corrected chi connectivity index (χ4v) is 3.76. The maximum absolute atomic E-state index is 12.8. The van der Waals surface area contributed by atoms with Crippen LogP contribution >= 0.6 is 0 Å². The summed E-state index contributed by atoms with van der Waals surface area (Å²) < 4.78 is 0. The Morgan fingerprint density at radius 2 is 2.00 bits per heavy atom. The molecular weight excluding hydrogens is 286 g/mol. The molecule has 2 saturated heterocycles. The molecular formula is C19H29N3O. The van der Waals surface area contributed by atoms with Crippen molar-refractivity contribution in [1.82, 2.24) is 15.1 Å². The molecule has 1 aromatic carbocycles. The lowest BCUT2D eigenvalue weighted by atomic mass is 9.96. The number of piperazine rings is 1. The molecule has 23 heavy (non-hydrogen) atoms. The topological polar surface area (TPSA) is 35.6 Å². The minimum atomic E-state index is 0.0123. The Hall–Kier alpha value is -1.39. The van der Waals surface area contributed by atoms with Crippen molar-refractivity contribution >= 4 is 5.91 Å². The van der Waals surface area contributed by atoms with Gasteiger partial charge in [0.05, 0.1) is 6.04 Å². The van der Waals surface area contributed by atoms with Crippen molar-refractivity contribution in [3.05, 3.63) is 35.9 Å². The molecule has 0 spiro atoms. The van der Waals surface area contributed by atoms with Gasteiger partial charge >= 0.3 is 0 Å². The van der Waals surface area contributed by atoms with Crippen LogP contribution in [0.5, 0.6) is 0 Å². The predicted octanol–water partition coefficient (Wildman–Crippen LogP) is 2.25. The Labute approximate surface area is 139 Å². The number of piperidine rings is 1. The van der Waals surface area contributed by atoms with Crippen LogP contribution in [0.1, 0.15) is 38.7 Å². The zero-order valence-electron chi connectivity index (χ0n) is 14.4. The Bertz CT molecular complexity index is 523. The van der Waals surface area contributed by atoms with E-state index >= 15 is 0 Å². The van der Waals surface area contributed by atoms with Crippen LogP contribution in [0.3, 0.4) is 0 Å². The van der Waals surface area contributed by atoms with E-state index in [-0.39, 0.29) is 11.6 Å². The molecule has 1 amide bonds. The Kier molecular flexibility index (Phi) is 5.02. The number of hydrogen-bond donors (Lipinski definition) is 1. The van der Waals surface area contributed by atoms with Gasteiger partial charge in [-0.25, -0.2) is 0 Å². The summed E-state index contributed by atoms with van der Waals surface area (Å²) in [5, 5.41) is 3.39. The van der Waals surface area contributed by atoms with E-state index in [1.165, 1.54) is 18.4 Å². The van der Waals surface area contributed by atoms with E-state index < -0.39 is 0 Å². The molecule has 3 rings (SSSR count). The van der Waals surface area contributed by atoms with Gasteiger partial charge in [0.15, 0.2) is 0 Å². The van der Waals surface area contributed by atoms with Gasteiger partial charge in [-0.1, -0.05) is 36.8 Å². The van der Waals surface area contributed by atoms with Crippen molar-refractivity contribution < 1.29 is 4.79 Å². The smallest absolute Gasteiger partial charge is 0.239 e. The molecule has 0 aromatic heterocycles. The van der Waals surface area contributed by atoms with Gasteiger partial charge in [-0.15, -0.1) is 0 Å². The highest BCUT2D eigenvalue weighted by Crippen LogP contribution is 2.24. The number of amides is 1. The Morgan fingerprint density at radius 1 is 1.22 bits per heavy atom. The van der Waals surface area contributed by atoms with Gasteiger partial charge in [-0.3, -0.25) is 9.69 Å². The van der Waals surface area contributed by atoms with E-state index in [1.807, 2.05) is 0 Å². The largest absolute Gasteiger partial charge is 0.338 e. The first-order valence-corrected chi connectivity index (χ1v) is 8.87. The van der Waals surface area contributed by atoms with Gasteiger partial charge in [-0.05, 0) is 38.8 Å². The van der Waals surface area contributed by atoms with Crippen molar-refractivity contribution in [2.24, 2.45) is 0 Å². The second kappa shape index (κ2) is 7.02. The number of nitrogens with one attached hydrogen (secondary N) is 1. The second-order valence-corrected chi connectivity index (χ2v) is 7.48. The molecule has 4 nitrogen and oxygen atoms in total. The molecule has 1 N–H and O–H groups in total. The number of carbonyl (C=O) groups is 1. The number of nitrogens with zero attached hydrogens (tertiary/aromatic N) is 2. The third kappa shape index (κ3) is 3.93. The summed E-state index contributed by atoms with van der Waals surface area (Å²) in [6.07, 6.45) is 3.35. The summed E-state index contributed by atoms with van der Waals surface area (Å²) in [4.78, 5) is 17.3. The van der Waals surface area contributed by atoms with Crippen LogP contribution in [0, 0.1) is 0 Å². The second-order valence-electron chi connectivity index (χ2n) is 7.48. The molecule has 4 heteroatoms. The average molecular weight is 315 g/mol. The highest BCUT2D eigenvalue weighted by molar-refractivity contribution is 5.82. The first-order valence-electron chi connectivity index (χ1n) is 8.87. The van der Waals surface area contributed by atoms with Crippen LogP contribution in [0.25, 0.3) is 0 Å². The summed E-state index contributed by atoms with van der Waals surface area (Å²) in [5.41, 5.74) is 1.35. The highest BCUT2D eigenvalue weighted by Gasteiger charge is 2.37. The molecule has 2 aliphatic rings. The van der Waals surface area contributed by atoms with Crippen LogP contribution in [-0.2, 0) is 11.3 Å². The van der Waals surface area contributed by atoms with Gasteiger partial charge in [0.2, 0.25) is 5.91 Å². The SMILES string of the molecule is CC1(C)CN(C(=O)[C@H]2CCCCN2)CCN1Cc1ccccc1. The first kappa shape index (κ1) is 16.5. The lowest BCUT2D eigenvalue weighted by molar-refractivity contribution is -0.139. The van der Waals surface area contributed by atoms with E-state index in [1.54, 1.807) is 0 Å². The number of rotatable bonds is 3. The maximum Gasteiger partial charge on any atom is 0.239 e. The molecule has 0 bridgehead atoms. The zero-order valence-corrected chi connectivity index (χ0v) is 14.4. The molecule has 0 aliphatic carbocycles. The van der Waals surface area contributed by atoms with Crippen LogP contribution in [0.2, 0.25) is 0 Å². The van der Waals surface area contributed by atoms with Crippen LogP contribution in [0.15, 0.2) is 30.3 Å². The van der Waals surface area contributed by atoms with Crippen molar-refractivity contribution in [2.75, 3.05) is 26.2 Å². The Morgan fingerprint density at radius 3 is 2.65 bits per heavy atom. The lowest BCUT2D eigenvalue weighted by Gasteiger charge is -2.48. The number of benzene rings is 1. The third-order valence-corrected chi connectivity index (χ3v) is 5.21. The van der Waals surface area contributed by atoms with Gasteiger partial charge in [0, 0.05) is 31.7 Å². The standard InChI is InChI=1S/C19H29N3O/c1-19(2)15-21(18(23)17-10-6-7-11-20-17)12-13-22(19)14-16-8-4-3-5-9-16/h3-5,8-9,17,20H,6-7,10-15H2,1-2H3/t17-/m1/s1. The number of carbonyl (C=O) groups excluding carboxylic acids is 1. The highest BCUT2D eigenvalue weighted by atomic mass is 16.2. The van der Waals surface area contributed by atoms with Crippen molar-refractivity contribution in [1.29, 1.82) is 0 Å². The van der Waals surface area contributed by atoms with Crippen molar-refractivity contribution in [3.63, 3.8) is 0 Å². The molecule has 2 fully saturated rings. The normalized spacial score (nSPS) is 25.3. The van der Waals surface area contributed by atoms with E-state index in [4.69, 9.17) is 0 Å². The third-order valence-electron chi connectivity index (χ3n) is 5.21. The lowest BCUT2D eigenvalue weighted by Crippen LogP contribution is -2.62. The predicted molar refractivity (Wildman–Crippen MR) is 93.2 cm³/mol. The summed E-state index contributed by atoms with van der Waals surface area (Å²) in [5.74, 6) is 0.303. The van der Waals surface area contributed by atoms with Crippen molar-refractivity contribution in [3.8, 4) is 0 Å². The molecule has 0 saturated carbocycles. The van der Waals surface area contributed by atoms with Crippen molar-refractivity contribution in [2.45, 2.75) is 51.2 Å². The van der Waals surface area contributed by atoms with Crippen LogP contribution in [-0.4, -0.2) is 53.5 Å². The number of hydrogen-bond acceptors (Lipinski definition) is 3. The summed E-state index contributed by atoms with van der Waals surface area (Å²) in [7, 11) is 0. The van der Waals surface area contributed by atoms with Crippen LogP contribution < -0.4 is 5.32 Å². The summed E-state index contributed by atoms with van der Waals surface area (Å²) in [6.45, 7) is 9.04. The molecule has 0 unspecified atom stereocenters. The molecule has 2 heterocycles. The molecule has 1 atom stereocenters. The molecule has 2 aliphatic heterocycles. The molecule has 1 aromatic rings. The summed E-state index contributed by atoms with van der Waals surface area (Å²) in [6, 6.07) is 10.6.